The van der Waals surface area contributed by atoms with Crippen molar-refractivity contribution in [2.75, 3.05) is 6.26 Å². The maximum Gasteiger partial charge on any atom is 0.121 e. The summed E-state index contributed by atoms with van der Waals surface area (Å²) >= 11 is 0. The predicted octanol–water partition coefficient (Wildman–Crippen LogP) is 0.617. The van der Waals surface area contributed by atoms with E-state index >= 15 is 0 Å². The van der Waals surface area contributed by atoms with Gasteiger partial charge in [-0.05, 0) is 6.07 Å². The van der Waals surface area contributed by atoms with E-state index in [9.17, 15) is 4.21 Å². The molecule has 1 aromatic heterocycles. The van der Waals surface area contributed by atoms with Crippen LogP contribution in [0, 0.1) is 0 Å². The maximum atomic E-state index is 10.8. The van der Waals surface area contributed by atoms with E-state index in [1.54, 1.807) is 12.5 Å². The molecule has 0 aliphatic rings. The molecule has 2 N–H and O–H groups in total. The fourth-order valence-corrected chi connectivity index (χ4v) is 1.59. The summed E-state index contributed by atoms with van der Waals surface area (Å²) in [6, 6.07) is 1.81. The first-order valence-corrected chi connectivity index (χ1v) is 5.02. The lowest BCUT2D eigenvalue weighted by atomic mass is 10.3. The van der Waals surface area contributed by atoms with Crippen LogP contribution in [0.4, 0.5) is 0 Å². The van der Waals surface area contributed by atoms with Crippen molar-refractivity contribution in [3.63, 3.8) is 0 Å². The first-order chi connectivity index (χ1) is 5.24. The summed E-state index contributed by atoms with van der Waals surface area (Å²) in [6.07, 6.45) is 3.23. The third-order valence-electron chi connectivity index (χ3n) is 1.38. The molecule has 4 heteroatoms. The van der Waals surface area contributed by atoms with Gasteiger partial charge < -0.3 is 10.2 Å². The summed E-state index contributed by atoms with van der Waals surface area (Å²) < 4.78 is 15.9. The van der Waals surface area contributed by atoms with Crippen molar-refractivity contribution >= 4 is 10.8 Å². The van der Waals surface area contributed by atoms with Crippen LogP contribution in [0.2, 0.25) is 0 Å². The lowest BCUT2D eigenvalue weighted by Gasteiger charge is -1.95. The third kappa shape index (κ3) is 2.17. The molecule has 0 amide bonds. The Balaban J connectivity index is 2.76. The molecule has 1 aromatic rings. The van der Waals surface area contributed by atoms with E-state index in [1.807, 2.05) is 6.07 Å². The summed E-state index contributed by atoms with van der Waals surface area (Å²) in [5, 5.41) is 0. The Bertz CT molecular complexity index is 257. The number of hydrogen-bond donors (Lipinski definition) is 1. The first kappa shape index (κ1) is 8.49. The standard InChI is InChI=1S/C7H11NO2S/c1-11(9)5-6-2-3-10-7(6)4-8/h2-3H,4-5,8H2,1H3. The van der Waals surface area contributed by atoms with Gasteiger partial charge in [-0.3, -0.25) is 4.21 Å². The molecule has 0 saturated carbocycles. The lowest BCUT2D eigenvalue weighted by Crippen LogP contribution is -2.00. The minimum Gasteiger partial charge on any atom is -0.468 e. The molecule has 1 unspecified atom stereocenters. The number of furan rings is 1. The smallest absolute Gasteiger partial charge is 0.121 e. The molecule has 0 fully saturated rings. The van der Waals surface area contributed by atoms with E-state index in [0.29, 0.717) is 12.3 Å². The van der Waals surface area contributed by atoms with Crippen LogP contribution in [0.15, 0.2) is 16.7 Å². The van der Waals surface area contributed by atoms with Gasteiger partial charge in [0.05, 0.1) is 18.6 Å². The summed E-state index contributed by atoms with van der Waals surface area (Å²) in [5.41, 5.74) is 6.33. The molecule has 0 saturated heterocycles. The largest absolute Gasteiger partial charge is 0.468 e. The van der Waals surface area contributed by atoms with Crippen molar-refractivity contribution in [3.8, 4) is 0 Å². The number of hydrogen-bond acceptors (Lipinski definition) is 3. The molecule has 62 valence electrons. The van der Waals surface area contributed by atoms with Gasteiger partial charge in [-0.25, -0.2) is 0 Å². The summed E-state index contributed by atoms with van der Waals surface area (Å²) in [5.74, 6) is 1.27. The van der Waals surface area contributed by atoms with Crippen molar-refractivity contribution in [1.29, 1.82) is 0 Å². The Morgan fingerprint density at radius 1 is 1.73 bits per heavy atom. The first-order valence-electron chi connectivity index (χ1n) is 3.29. The number of rotatable bonds is 3. The van der Waals surface area contributed by atoms with Crippen LogP contribution < -0.4 is 5.73 Å². The SMILES string of the molecule is CS(=O)Cc1ccoc1CN. The Morgan fingerprint density at radius 3 is 3.00 bits per heavy atom. The second kappa shape index (κ2) is 3.69. The van der Waals surface area contributed by atoms with Gasteiger partial charge in [0, 0.05) is 22.6 Å². The highest BCUT2D eigenvalue weighted by Crippen LogP contribution is 2.11. The Morgan fingerprint density at radius 2 is 2.45 bits per heavy atom. The van der Waals surface area contributed by atoms with E-state index in [4.69, 9.17) is 10.2 Å². The fraction of sp³-hybridized carbons (Fsp3) is 0.429. The second-order valence-corrected chi connectivity index (χ2v) is 3.73. The molecule has 0 bridgehead atoms. The molecule has 3 nitrogen and oxygen atoms in total. The maximum absolute atomic E-state index is 10.8. The topological polar surface area (TPSA) is 56.2 Å². The van der Waals surface area contributed by atoms with Gasteiger partial charge in [-0.1, -0.05) is 0 Å². The highest BCUT2D eigenvalue weighted by Gasteiger charge is 2.04. The van der Waals surface area contributed by atoms with Crippen LogP contribution in [0.1, 0.15) is 11.3 Å². The zero-order valence-corrected chi connectivity index (χ0v) is 7.19. The van der Waals surface area contributed by atoms with Gasteiger partial charge >= 0.3 is 0 Å². The fourth-order valence-electron chi connectivity index (χ4n) is 0.894. The van der Waals surface area contributed by atoms with E-state index < -0.39 is 10.8 Å². The summed E-state index contributed by atoms with van der Waals surface area (Å²) in [6.45, 7) is 0.375. The predicted molar refractivity (Wildman–Crippen MR) is 44.4 cm³/mol. The molecular weight excluding hydrogens is 162 g/mol. The summed E-state index contributed by atoms with van der Waals surface area (Å²) in [4.78, 5) is 0. The van der Waals surface area contributed by atoms with Crippen molar-refractivity contribution < 1.29 is 8.63 Å². The molecule has 1 atom stereocenters. The van der Waals surface area contributed by atoms with Crippen LogP contribution in [0.5, 0.6) is 0 Å². The molecule has 0 aliphatic carbocycles. The highest BCUT2D eigenvalue weighted by atomic mass is 32.2. The lowest BCUT2D eigenvalue weighted by molar-refractivity contribution is 0.509. The molecule has 0 aliphatic heterocycles. The zero-order chi connectivity index (χ0) is 8.27. The van der Waals surface area contributed by atoms with Crippen LogP contribution in [0.3, 0.4) is 0 Å². The monoisotopic (exact) mass is 173 g/mol. The van der Waals surface area contributed by atoms with E-state index in [2.05, 4.69) is 0 Å². The van der Waals surface area contributed by atoms with Crippen molar-refractivity contribution in [2.45, 2.75) is 12.3 Å². The van der Waals surface area contributed by atoms with Crippen molar-refractivity contribution in [2.24, 2.45) is 5.73 Å². The van der Waals surface area contributed by atoms with Gasteiger partial charge in [0.25, 0.3) is 0 Å². The average Bonchev–Trinajstić information content (AvgIpc) is 2.34. The van der Waals surface area contributed by atoms with Crippen molar-refractivity contribution in [3.05, 3.63) is 23.7 Å². The average molecular weight is 173 g/mol. The molecule has 1 rings (SSSR count). The quantitative estimate of drug-likeness (QED) is 0.728. The van der Waals surface area contributed by atoms with E-state index in [-0.39, 0.29) is 0 Å². The Kier molecular flexibility index (Phi) is 2.84. The molecule has 0 radical (unpaired) electrons. The van der Waals surface area contributed by atoms with Crippen molar-refractivity contribution in [1.82, 2.24) is 0 Å². The van der Waals surface area contributed by atoms with Crippen LogP contribution in [-0.4, -0.2) is 10.5 Å². The Hall–Kier alpha value is -0.610. The van der Waals surface area contributed by atoms with E-state index in [1.165, 1.54) is 0 Å². The van der Waals surface area contributed by atoms with Crippen LogP contribution in [0.25, 0.3) is 0 Å². The molecular formula is C7H11NO2S. The molecule has 1 heterocycles. The minimum atomic E-state index is -0.822. The molecule has 11 heavy (non-hydrogen) atoms. The van der Waals surface area contributed by atoms with Crippen LogP contribution in [-0.2, 0) is 23.1 Å². The third-order valence-corrected chi connectivity index (χ3v) is 2.10. The zero-order valence-electron chi connectivity index (χ0n) is 6.37. The van der Waals surface area contributed by atoms with Gasteiger partial charge in [0.1, 0.15) is 5.76 Å². The van der Waals surface area contributed by atoms with Gasteiger partial charge in [-0.15, -0.1) is 0 Å². The summed E-state index contributed by atoms with van der Waals surface area (Å²) in [7, 11) is -0.822. The molecule has 0 spiro atoms. The molecule has 0 aromatic carbocycles. The van der Waals surface area contributed by atoms with E-state index in [0.717, 1.165) is 11.3 Å². The number of nitrogens with two attached hydrogens (primary N) is 1. The van der Waals surface area contributed by atoms with Gasteiger partial charge in [0.2, 0.25) is 0 Å². The highest BCUT2D eigenvalue weighted by molar-refractivity contribution is 7.83. The van der Waals surface area contributed by atoms with Crippen LogP contribution >= 0.6 is 0 Å². The van der Waals surface area contributed by atoms with Gasteiger partial charge in [-0.2, -0.15) is 0 Å². The van der Waals surface area contributed by atoms with Gasteiger partial charge in [0.15, 0.2) is 0 Å². The Labute approximate surface area is 68.0 Å². The normalized spacial score (nSPS) is 13.3. The minimum absolute atomic E-state index is 0.375. The second-order valence-electron chi connectivity index (χ2n) is 2.29.